The first-order chi connectivity index (χ1) is 12.8. The fourth-order valence-electron chi connectivity index (χ4n) is 2.42. The van der Waals surface area contributed by atoms with Crippen LogP contribution in [0.15, 0.2) is 42.5 Å². The maximum absolute atomic E-state index is 12.7. The Bertz CT molecular complexity index is 789. The lowest BCUT2D eigenvalue weighted by Gasteiger charge is -2.23. The van der Waals surface area contributed by atoms with Crippen molar-refractivity contribution in [2.75, 3.05) is 23.7 Å². The van der Waals surface area contributed by atoms with Gasteiger partial charge in [-0.25, -0.2) is 4.79 Å². The molecule has 8 heteroatoms. The molecule has 1 aromatic carbocycles. The van der Waals surface area contributed by atoms with Crippen LogP contribution in [0, 0.1) is 5.92 Å². The number of benzene rings is 1. The molecule has 7 nitrogen and oxygen atoms in total. The van der Waals surface area contributed by atoms with Gasteiger partial charge in [-0.05, 0) is 30.2 Å². The third-order valence-electron chi connectivity index (χ3n) is 3.55. The van der Waals surface area contributed by atoms with Crippen LogP contribution in [0.3, 0.4) is 0 Å². The summed E-state index contributed by atoms with van der Waals surface area (Å²) in [6, 6.07) is 11.9. The van der Waals surface area contributed by atoms with Gasteiger partial charge < -0.3 is 15.3 Å². The predicted molar refractivity (Wildman–Crippen MR) is 106 cm³/mol. The molecule has 0 atom stereocenters. The fraction of sp³-hybridized carbons (Fsp3) is 0.316. The van der Waals surface area contributed by atoms with Crippen LogP contribution in [-0.4, -0.2) is 41.0 Å². The largest absolute Gasteiger partial charge is 0.481 e. The Balaban J connectivity index is 2.00. The van der Waals surface area contributed by atoms with Crippen molar-refractivity contribution in [2.45, 2.75) is 20.3 Å². The summed E-state index contributed by atoms with van der Waals surface area (Å²) in [4.78, 5) is 37.6. The number of rotatable bonds is 8. The van der Waals surface area contributed by atoms with Gasteiger partial charge in [0, 0.05) is 18.8 Å². The zero-order valence-electron chi connectivity index (χ0n) is 15.3. The SMILES string of the molecule is CC(C)CN(CCC(=O)O)C(=O)c1ccc(NC(=O)Nc2ccccc2)s1. The Hall–Kier alpha value is -2.87. The number of carboxylic acid groups (broad SMARTS) is 1. The molecule has 0 spiro atoms. The maximum Gasteiger partial charge on any atom is 0.324 e. The number of nitrogens with one attached hydrogen (secondary N) is 2. The van der Waals surface area contributed by atoms with Crippen molar-refractivity contribution in [3.05, 3.63) is 47.3 Å². The molecule has 0 aliphatic rings. The number of carbonyl (C=O) groups is 3. The van der Waals surface area contributed by atoms with Crippen molar-refractivity contribution in [1.29, 1.82) is 0 Å². The average Bonchev–Trinajstić information content (AvgIpc) is 3.06. The molecule has 0 aliphatic heterocycles. The van der Waals surface area contributed by atoms with Gasteiger partial charge in [-0.3, -0.25) is 14.9 Å². The molecule has 3 N–H and O–H groups in total. The average molecular weight is 389 g/mol. The highest BCUT2D eigenvalue weighted by molar-refractivity contribution is 7.18. The first-order valence-electron chi connectivity index (χ1n) is 8.59. The third-order valence-corrected chi connectivity index (χ3v) is 4.54. The number of para-hydroxylation sites is 1. The predicted octanol–water partition coefficient (Wildman–Crippen LogP) is 3.97. The number of aliphatic carboxylic acids is 1. The number of anilines is 2. The van der Waals surface area contributed by atoms with E-state index in [1.54, 1.807) is 29.2 Å². The molecule has 0 bridgehead atoms. The molecule has 0 unspecified atom stereocenters. The molecule has 2 rings (SSSR count). The van der Waals surface area contributed by atoms with Gasteiger partial charge in [0.2, 0.25) is 0 Å². The smallest absolute Gasteiger partial charge is 0.324 e. The lowest BCUT2D eigenvalue weighted by atomic mass is 10.2. The third kappa shape index (κ3) is 6.74. The van der Waals surface area contributed by atoms with Crippen LogP contribution in [0.2, 0.25) is 0 Å². The maximum atomic E-state index is 12.7. The standard InChI is InChI=1S/C19H23N3O4S/c1-13(2)12-22(11-10-17(23)24)18(25)15-8-9-16(27-15)21-19(26)20-14-6-4-3-5-7-14/h3-9,13H,10-12H2,1-2H3,(H,23,24)(H2,20,21,26). The van der Waals surface area contributed by atoms with E-state index in [-0.39, 0.29) is 24.8 Å². The van der Waals surface area contributed by atoms with Gasteiger partial charge in [0.15, 0.2) is 0 Å². The summed E-state index contributed by atoms with van der Waals surface area (Å²) in [7, 11) is 0. The number of hydrogen-bond acceptors (Lipinski definition) is 4. The van der Waals surface area contributed by atoms with Gasteiger partial charge in [0.25, 0.3) is 5.91 Å². The molecule has 0 fully saturated rings. The summed E-state index contributed by atoms with van der Waals surface area (Å²) in [6.45, 7) is 4.56. The monoisotopic (exact) mass is 389 g/mol. The first kappa shape index (κ1) is 20.4. The minimum atomic E-state index is -0.942. The van der Waals surface area contributed by atoms with E-state index in [9.17, 15) is 14.4 Å². The summed E-state index contributed by atoms with van der Waals surface area (Å²) < 4.78 is 0. The normalized spacial score (nSPS) is 10.5. The Morgan fingerprint density at radius 1 is 1.07 bits per heavy atom. The van der Waals surface area contributed by atoms with E-state index in [1.165, 1.54) is 0 Å². The van der Waals surface area contributed by atoms with E-state index >= 15 is 0 Å². The lowest BCUT2D eigenvalue weighted by molar-refractivity contribution is -0.137. The van der Waals surface area contributed by atoms with Gasteiger partial charge >= 0.3 is 12.0 Å². The minimum Gasteiger partial charge on any atom is -0.481 e. The summed E-state index contributed by atoms with van der Waals surface area (Å²) in [5.74, 6) is -0.953. The van der Waals surface area contributed by atoms with Crippen LogP contribution < -0.4 is 10.6 Å². The molecule has 144 valence electrons. The van der Waals surface area contributed by atoms with Crippen molar-refractivity contribution in [2.24, 2.45) is 5.92 Å². The number of carbonyl (C=O) groups excluding carboxylic acids is 2. The van der Waals surface area contributed by atoms with Crippen molar-refractivity contribution in [3.8, 4) is 0 Å². The Morgan fingerprint density at radius 2 is 1.78 bits per heavy atom. The quantitative estimate of drug-likeness (QED) is 0.636. The van der Waals surface area contributed by atoms with Gasteiger partial charge in [0.1, 0.15) is 0 Å². The second kappa shape index (κ2) is 9.72. The number of urea groups is 1. The number of amides is 3. The van der Waals surface area contributed by atoms with Gasteiger partial charge in [0.05, 0.1) is 16.3 Å². The van der Waals surface area contributed by atoms with Crippen LogP contribution in [-0.2, 0) is 4.79 Å². The summed E-state index contributed by atoms with van der Waals surface area (Å²) in [5, 5.41) is 14.8. The van der Waals surface area contributed by atoms with Crippen LogP contribution in [0.25, 0.3) is 0 Å². The molecule has 27 heavy (non-hydrogen) atoms. The highest BCUT2D eigenvalue weighted by Crippen LogP contribution is 2.24. The number of nitrogens with zero attached hydrogens (tertiary/aromatic N) is 1. The summed E-state index contributed by atoms with van der Waals surface area (Å²) in [6.07, 6.45) is -0.103. The fourth-order valence-corrected chi connectivity index (χ4v) is 3.29. The zero-order chi connectivity index (χ0) is 19.8. The molecule has 3 amide bonds. The van der Waals surface area contributed by atoms with Gasteiger partial charge in [-0.2, -0.15) is 0 Å². The van der Waals surface area contributed by atoms with Crippen LogP contribution in [0.4, 0.5) is 15.5 Å². The first-order valence-corrected chi connectivity index (χ1v) is 9.40. The highest BCUT2D eigenvalue weighted by Gasteiger charge is 2.20. The molecule has 0 aliphatic carbocycles. The molecule has 2 aromatic rings. The highest BCUT2D eigenvalue weighted by atomic mass is 32.1. The van der Waals surface area contributed by atoms with E-state index < -0.39 is 12.0 Å². The Morgan fingerprint density at radius 3 is 2.41 bits per heavy atom. The minimum absolute atomic E-state index is 0.103. The molecule has 1 aromatic heterocycles. The van der Waals surface area contributed by atoms with Crippen molar-refractivity contribution in [1.82, 2.24) is 4.90 Å². The van der Waals surface area contributed by atoms with E-state index in [0.717, 1.165) is 11.3 Å². The number of thiophene rings is 1. The van der Waals surface area contributed by atoms with Crippen molar-refractivity contribution < 1.29 is 19.5 Å². The van der Waals surface area contributed by atoms with E-state index in [2.05, 4.69) is 10.6 Å². The van der Waals surface area contributed by atoms with E-state index in [1.807, 2.05) is 32.0 Å². The summed E-state index contributed by atoms with van der Waals surface area (Å²) in [5.41, 5.74) is 0.666. The van der Waals surface area contributed by atoms with Crippen molar-refractivity contribution in [3.63, 3.8) is 0 Å². The molecule has 0 saturated carbocycles. The summed E-state index contributed by atoms with van der Waals surface area (Å²) >= 11 is 1.16. The molecule has 1 heterocycles. The van der Waals surface area contributed by atoms with E-state index in [0.29, 0.717) is 22.1 Å². The molecule has 0 radical (unpaired) electrons. The lowest BCUT2D eigenvalue weighted by Crippen LogP contribution is -2.35. The Labute approximate surface area is 162 Å². The van der Waals surface area contributed by atoms with E-state index in [4.69, 9.17) is 5.11 Å². The number of hydrogen-bond donors (Lipinski definition) is 3. The Kier molecular flexibility index (Phi) is 7.36. The van der Waals surface area contributed by atoms with Crippen LogP contribution in [0.1, 0.15) is 29.9 Å². The van der Waals surface area contributed by atoms with Crippen LogP contribution >= 0.6 is 11.3 Å². The van der Waals surface area contributed by atoms with Gasteiger partial charge in [-0.1, -0.05) is 32.0 Å². The second-order valence-corrected chi connectivity index (χ2v) is 7.48. The number of carboxylic acids is 1. The van der Waals surface area contributed by atoms with Gasteiger partial charge in [-0.15, -0.1) is 11.3 Å². The molecular formula is C19H23N3O4S. The van der Waals surface area contributed by atoms with Crippen molar-refractivity contribution >= 4 is 39.9 Å². The zero-order valence-corrected chi connectivity index (χ0v) is 16.1. The molecular weight excluding hydrogens is 366 g/mol. The van der Waals surface area contributed by atoms with Crippen LogP contribution in [0.5, 0.6) is 0 Å². The topological polar surface area (TPSA) is 98.7 Å². The second-order valence-electron chi connectivity index (χ2n) is 6.40. The molecule has 0 saturated heterocycles.